The molecule has 0 bridgehead atoms. The van der Waals surface area contributed by atoms with Gasteiger partial charge >= 0.3 is 0 Å². The van der Waals surface area contributed by atoms with Crippen molar-refractivity contribution in [1.82, 2.24) is 14.5 Å². The van der Waals surface area contributed by atoms with Gasteiger partial charge in [-0.1, -0.05) is 115 Å². The van der Waals surface area contributed by atoms with Crippen LogP contribution in [-0.4, -0.2) is 14.5 Å². The van der Waals surface area contributed by atoms with E-state index in [1.165, 1.54) is 33.0 Å². The van der Waals surface area contributed by atoms with Crippen LogP contribution in [-0.2, 0) is 0 Å². The van der Waals surface area contributed by atoms with Crippen molar-refractivity contribution in [1.29, 1.82) is 0 Å². The van der Waals surface area contributed by atoms with Gasteiger partial charge in [0.1, 0.15) is 5.82 Å². The minimum atomic E-state index is 0.776. The number of aromatic nitrogens is 3. The highest BCUT2D eigenvalue weighted by Gasteiger charge is 2.17. The summed E-state index contributed by atoms with van der Waals surface area (Å²) >= 11 is 0. The molecule has 3 heterocycles. The second kappa shape index (κ2) is 12.7. The van der Waals surface area contributed by atoms with Gasteiger partial charge in [-0.25, -0.2) is 4.98 Å². The van der Waals surface area contributed by atoms with Gasteiger partial charge < -0.3 is 9.88 Å². The fraction of sp³-hybridized carbons (Fsp3) is 0. The number of pyridine rings is 2. The van der Waals surface area contributed by atoms with Gasteiger partial charge in [-0.05, 0) is 89.0 Å². The van der Waals surface area contributed by atoms with Crippen molar-refractivity contribution in [3.63, 3.8) is 0 Å². The molecule has 236 valence electrons. The van der Waals surface area contributed by atoms with E-state index in [4.69, 9.17) is 9.97 Å². The standard InChI is InChI=1S/C46H32N4/c1-4-13-32(14-5-1)35-22-24-44-40(29-35)41-30-36(33-15-6-2-7-16-33)23-25-45(41)50(44)39-28-37(42-19-10-11-26-47-42)27-38(31-39)48-46-21-12-20-43(49-46)34-17-8-3-9-18-34/h1-31H,(H,48,49). The minimum absolute atomic E-state index is 0.776. The zero-order valence-electron chi connectivity index (χ0n) is 27.2. The summed E-state index contributed by atoms with van der Waals surface area (Å²) in [5.74, 6) is 0.776. The van der Waals surface area contributed by atoms with Crippen molar-refractivity contribution >= 4 is 33.3 Å². The monoisotopic (exact) mass is 640 g/mol. The van der Waals surface area contributed by atoms with Gasteiger partial charge in [0.25, 0.3) is 0 Å². The maximum atomic E-state index is 4.98. The third-order valence-corrected chi connectivity index (χ3v) is 9.21. The number of nitrogens with zero attached hydrogens (tertiary/aromatic N) is 3. The Kier molecular flexibility index (Phi) is 7.45. The third-order valence-electron chi connectivity index (χ3n) is 9.21. The molecule has 0 radical (unpaired) electrons. The quantitative estimate of drug-likeness (QED) is 0.188. The van der Waals surface area contributed by atoms with Crippen LogP contribution in [0.25, 0.3) is 72.3 Å². The fourth-order valence-corrected chi connectivity index (χ4v) is 6.84. The van der Waals surface area contributed by atoms with Crippen LogP contribution in [0.3, 0.4) is 0 Å². The van der Waals surface area contributed by atoms with Crippen LogP contribution in [0.4, 0.5) is 11.5 Å². The first-order valence-electron chi connectivity index (χ1n) is 16.8. The third kappa shape index (κ3) is 5.59. The van der Waals surface area contributed by atoms with Crippen LogP contribution in [0.1, 0.15) is 0 Å². The minimum Gasteiger partial charge on any atom is -0.340 e. The molecular formula is C46H32N4. The summed E-state index contributed by atoms with van der Waals surface area (Å²) < 4.78 is 2.37. The molecule has 1 N–H and O–H groups in total. The van der Waals surface area contributed by atoms with Gasteiger partial charge in [0.15, 0.2) is 0 Å². The van der Waals surface area contributed by atoms with Crippen molar-refractivity contribution in [3.05, 3.63) is 188 Å². The van der Waals surface area contributed by atoms with Crippen LogP contribution < -0.4 is 5.32 Å². The van der Waals surface area contributed by atoms with Gasteiger partial charge in [0, 0.05) is 39.5 Å². The van der Waals surface area contributed by atoms with Gasteiger partial charge in [-0.15, -0.1) is 0 Å². The summed E-state index contributed by atoms with van der Waals surface area (Å²) in [5.41, 5.74) is 12.9. The second-order valence-corrected chi connectivity index (χ2v) is 12.4. The van der Waals surface area contributed by atoms with Crippen LogP contribution >= 0.6 is 0 Å². The lowest BCUT2D eigenvalue weighted by molar-refractivity contribution is 1.18. The molecule has 0 aliphatic carbocycles. The Balaban J connectivity index is 1.24. The lowest BCUT2D eigenvalue weighted by Crippen LogP contribution is -2.00. The van der Waals surface area contributed by atoms with Gasteiger partial charge in [-0.3, -0.25) is 4.98 Å². The van der Waals surface area contributed by atoms with Crippen molar-refractivity contribution in [2.45, 2.75) is 0 Å². The number of hydrogen-bond acceptors (Lipinski definition) is 3. The summed E-state index contributed by atoms with van der Waals surface area (Å²) in [6, 6.07) is 63.8. The first kappa shape index (κ1) is 29.4. The van der Waals surface area contributed by atoms with E-state index in [0.29, 0.717) is 0 Å². The van der Waals surface area contributed by atoms with E-state index >= 15 is 0 Å². The maximum absolute atomic E-state index is 4.98. The van der Waals surface area contributed by atoms with Gasteiger partial charge in [-0.2, -0.15) is 0 Å². The van der Waals surface area contributed by atoms with E-state index < -0.39 is 0 Å². The molecule has 50 heavy (non-hydrogen) atoms. The average Bonchev–Trinajstić information content (AvgIpc) is 3.52. The molecule has 0 aliphatic rings. The van der Waals surface area contributed by atoms with Gasteiger partial charge in [0.2, 0.25) is 0 Å². The van der Waals surface area contributed by atoms with Crippen LogP contribution in [0.2, 0.25) is 0 Å². The van der Waals surface area contributed by atoms with E-state index in [2.05, 4.69) is 143 Å². The molecule has 0 spiro atoms. The molecule has 0 atom stereocenters. The Bertz CT molecular complexity index is 2500. The molecule has 0 fully saturated rings. The normalized spacial score (nSPS) is 11.2. The van der Waals surface area contributed by atoms with Crippen molar-refractivity contribution in [2.75, 3.05) is 5.32 Å². The molecule has 0 unspecified atom stereocenters. The SMILES string of the molecule is c1ccc(-c2ccc3c(c2)c2cc(-c4ccccc4)ccc2n3-c2cc(Nc3cccc(-c4ccccc4)n3)cc(-c3ccccn3)c2)cc1. The Hall–Kier alpha value is -6.78. The number of rotatable bonds is 7. The lowest BCUT2D eigenvalue weighted by atomic mass is 10.0. The average molecular weight is 641 g/mol. The predicted molar refractivity (Wildman–Crippen MR) is 208 cm³/mol. The summed E-state index contributed by atoms with van der Waals surface area (Å²) in [7, 11) is 0. The number of nitrogens with one attached hydrogen (secondary N) is 1. The van der Waals surface area contributed by atoms with Crippen molar-refractivity contribution in [3.8, 4) is 50.5 Å². The molecule has 9 aromatic rings. The second-order valence-electron chi connectivity index (χ2n) is 12.4. The molecule has 4 nitrogen and oxygen atoms in total. The zero-order valence-corrected chi connectivity index (χ0v) is 27.2. The highest BCUT2D eigenvalue weighted by atomic mass is 15.0. The number of benzene rings is 6. The number of fused-ring (bicyclic) bond motifs is 3. The number of hydrogen-bond donors (Lipinski definition) is 1. The molecule has 0 saturated heterocycles. The van der Waals surface area contributed by atoms with Crippen LogP contribution in [0.15, 0.2) is 188 Å². The first-order chi connectivity index (χ1) is 24.8. The molecule has 4 heteroatoms. The highest BCUT2D eigenvalue weighted by molar-refractivity contribution is 6.11. The predicted octanol–water partition coefficient (Wildman–Crippen LogP) is 12.0. The Morgan fingerprint density at radius 2 is 0.980 bits per heavy atom. The Morgan fingerprint density at radius 3 is 1.58 bits per heavy atom. The van der Waals surface area contributed by atoms with Crippen LogP contribution in [0.5, 0.6) is 0 Å². The molecule has 3 aromatic heterocycles. The van der Waals surface area contributed by atoms with Gasteiger partial charge in [0.05, 0.1) is 22.4 Å². The zero-order chi connectivity index (χ0) is 33.3. The Labute approximate surface area is 291 Å². The maximum Gasteiger partial charge on any atom is 0.131 e. The Morgan fingerprint density at radius 1 is 0.400 bits per heavy atom. The fourth-order valence-electron chi connectivity index (χ4n) is 6.84. The molecule has 9 rings (SSSR count). The molecule has 0 saturated carbocycles. The largest absolute Gasteiger partial charge is 0.340 e. The molecule has 6 aromatic carbocycles. The molecule has 0 aliphatic heterocycles. The molecular weight excluding hydrogens is 609 g/mol. The smallest absolute Gasteiger partial charge is 0.131 e. The number of anilines is 2. The molecule has 0 amide bonds. The topological polar surface area (TPSA) is 42.7 Å². The summed E-state index contributed by atoms with van der Waals surface area (Å²) in [4.78, 5) is 9.71. The van der Waals surface area contributed by atoms with Crippen molar-refractivity contribution < 1.29 is 0 Å². The van der Waals surface area contributed by atoms with Crippen LogP contribution in [0, 0.1) is 0 Å². The van der Waals surface area contributed by atoms with Crippen molar-refractivity contribution in [2.24, 2.45) is 0 Å². The van der Waals surface area contributed by atoms with E-state index in [-0.39, 0.29) is 0 Å². The van der Waals surface area contributed by atoms with E-state index in [0.717, 1.165) is 50.7 Å². The first-order valence-corrected chi connectivity index (χ1v) is 16.8. The lowest BCUT2D eigenvalue weighted by Gasteiger charge is -2.15. The highest BCUT2D eigenvalue weighted by Crippen LogP contribution is 2.39. The van der Waals surface area contributed by atoms with E-state index in [9.17, 15) is 0 Å². The summed E-state index contributed by atoms with van der Waals surface area (Å²) in [6.45, 7) is 0. The summed E-state index contributed by atoms with van der Waals surface area (Å²) in [5, 5.41) is 6.04. The summed E-state index contributed by atoms with van der Waals surface area (Å²) in [6.07, 6.45) is 1.84. The van der Waals surface area contributed by atoms with E-state index in [1.54, 1.807) is 0 Å². The van der Waals surface area contributed by atoms with E-state index in [1.807, 2.05) is 54.7 Å².